The van der Waals surface area contributed by atoms with Crippen LogP contribution in [0, 0.1) is 0 Å². The minimum atomic E-state index is -1.83. The SMILES string of the molecule is O=C(O)C(O)C(O)c1cc(Br)cc(Br)c1. The van der Waals surface area contributed by atoms with Crippen LogP contribution in [0.3, 0.4) is 0 Å². The first-order chi connectivity index (χ1) is 6.91. The smallest absolute Gasteiger partial charge is 0.335 e. The van der Waals surface area contributed by atoms with Crippen LogP contribution in [-0.2, 0) is 4.79 Å². The second kappa shape index (κ2) is 5.07. The van der Waals surface area contributed by atoms with E-state index in [-0.39, 0.29) is 0 Å². The van der Waals surface area contributed by atoms with E-state index in [0.717, 1.165) is 0 Å². The number of carbonyl (C=O) groups is 1. The Hall–Kier alpha value is -0.430. The molecule has 1 aromatic rings. The predicted molar refractivity (Wildman–Crippen MR) is 60.4 cm³/mol. The first-order valence-electron chi connectivity index (χ1n) is 3.96. The second-order valence-electron chi connectivity index (χ2n) is 2.93. The second-order valence-corrected chi connectivity index (χ2v) is 4.76. The largest absolute Gasteiger partial charge is 0.479 e. The molecule has 0 saturated heterocycles. The number of rotatable bonds is 3. The van der Waals surface area contributed by atoms with Crippen molar-refractivity contribution in [3.8, 4) is 0 Å². The monoisotopic (exact) mass is 338 g/mol. The minimum Gasteiger partial charge on any atom is -0.479 e. The molecule has 0 saturated carbocycles. The molecule has 3 N–H and O–H groups in total. The van der Waals surface area contributed by atoms with Crippen LogP contribution in [0.1, 0.15) is 11.7 Å². The van der Waals surface area contributed by atoms with Crippen molar-refractivity contribution in [2.75, 3.05) is 0 Å². The summed E-state index contributed by atoms with van der Waals surface area (Å²) in [5, 5.41) is 27.2. The fourth-order valence-electron chi connectivity index (χ4n) is 1.06. The number of benzene rings is 1. The molecule has 1 aromatic carbocycles. The van der Waals surface area contributed by atoms with Crippen molar-refractivity contribution in [2.45, 2.75) is 12.2 Å². The van der Waals surface area contributed by atoms with Gasteiger partial charge in [-0.1, -0.05) is 31.9 Å². The van der Waals surface area contributed by atoms with Crippen molar-refractivity contribution in [3.05, 3.63) is 32.7 Å². The standard InChI is InChI=1S/C9H8Br2O4/c10-5-1-4(2-6(11)3-5)7(12)8(13)9(14)15/h1-3,7-8,12-13H,(H,14,15). The fourth-order valence-corrected chi connectivity index (χ4v) is 2.39. The van der Waals surface area contributed by atoms with Gasteiger partial charge in [0.05, 0.1) is 0 Å². The highest BCUT2D eigenvalue weighted by Crippen LogP contribution is 2.25. The van der Waals surface area contributed by atoms with Crippen LogP contribution in [0.5, 0.6) is 0 Å². The van der Waals surface area contributed by atoms with Gasteiger partial charge in [0.1, 0.15) is 6.10 Å². The predicted octanol–water partition coefficient (Wildman–Crippen LogP) is 1.69. The highest BCUT2D eigenvalue weighted by atomic mass is 79.9. The summed E-state index contributed by atoms with van der Waals surface area (Å²) in [4.78, 5) is 10.5. The zero-order valence-electron chi connectivity index (χ0n) is 7.39. The van der Waals surface area contributed by atoms with Crippen molar-refractivity contribution in [2.24, 2.45) is 0 Å². The normalized spacial score (nSPS) is 14.7. The Kier molecular flexibility index (Phi) is 4.27. The summed E-state index contributed by atoms with van der Waals surface area (Å²) in [5.74, 6) is -1.46. The molecule has 2 atom stereocenters. The van der Waals surface area contributed by atoms with E-state index >= 15 is 0 Å². The summed E-state index contributed by atoms with van der Waals surface area (Å²) in [5.41, 5.74) is 0.325. The van der Waals surface area contributed by atoms with Crippen molar-refractivity contribution < 1.29 is 20.1 Å². The van der Waals surface area contributed by atoms with Gasteiger partial charge in [-0.05, 0) is 23.8 Å². The topological polar surface area (TPSA) is 77.8 Å². The van der Waals surface area contributed by atoms with Gasteiger partial charge in [0.25, 0.3) is 0 Å². The molecular weight excluding hydrogens is 332 g/mol. The van der Waals surface area contributed by atoms with E-state index in [4.69, 9.17) is 10.2 Å². The van der Waals surface area contributed by atoms with E-state index in [1.54, 1.807) is 18.2 Å². The van der Waals surface area contributed by atoms with E-state index < -0.39 is 18.2 Å². The van der Waals surface area contributed by atoms with Crippen LogP contribution in [0.4, 0.5) is 0 Å². The molecule has 0 aromatic heterocycles. The van der Waals surface area contributed by atoms with Gasteiger partial charge in [-0.15, -0.1) is 0 Å². The van der Waals surface area contributed by atoms with Crippen molar-refractivity contribution >= 4 is 37.8 Å². The Balaban J connectivity index is 3.00. The van der Waals surface area contributed by atoms with Gasteiger partial charge in [-0.2, -0.15) is 0 Å². The lowest BCUT2D eigenvalue weighted by atomic mass is 10.1. The van der Waals surface area contributed by atoms with Crippen LogP contribution in [0.25, 0.3) is 0 Å². The highest BCUT2D eigenvalue weighted by molar-refractivity contribution is 9.11. The molecule has 0 heterocycles. The summed E-state index contributed by atoms with van der Waals surface area (Å²) >= 11 is 6.39. The van der Waals surface area contributed by atoms with E-state index in [9.17, 15) is 9.90 Å². The molecule has 0 spiro atoms. The quantitative estimate of drug-likeness (QED) is 0.783. The van der Waals surface area contributed by atoms with Crippen LogP contribution < -0.4 is 0 Å². The molecule has 2 unspecified atom stereocenters. The van der Waals surface area contributed by atoms with Gasteiger partial charge in [-0.3, -0.25) is 0 Å². The maximum atomic E-state index is 10.5. The number of aliphatic carboxylic acids is 1. The number of carboxylic acids is 1. The molecule has 4 nitrogen and oxygen atoms in total. The molecule has 0 fully saturated rings. The number of hydrogen-bond acceptors (Lipinski definition) is 3. The number of aliphatic hydroxyl groups is 2. The van der Waals surface area contributed by atoms with Crippen LogP contribution in [0.15, 0.2) is 27.1 Å². The number of aliphatic hydroxyl groups excluding tert-OH is 2. The average Bonchev–Trinajstić information content (AvgIpc) is 2.13. The Morgan fingerprint density at radius 2 is 1.60 bits per heavy atom. The van der Waals surface area contributed by atoms with Gasteiger partial charge in [-0.25, -0.2) is 4.79 Å². The lowest BCUT2D eigenvalue weighted by Crippen LogP contribution is -2.27. The Bertz CT molecular complexity index is 360. The van der Waals surface area contributed by atoms with Crippen molar-refractivity contribution in [3.63, 3.8) is 0 Å². The molecule has 0 radical (unpaired) electrons. The zero-order chi connectivity index (χ0) is 11.6. The molecule has 0 bridgehead atoms. The number of carboxylic acid groups (broad SMARTS) is 1. The molecule has 1 rings (SSSR count). The Labute approximate surface area is 103 Å². The Morgan fingerprint density at radius 3 is 2.00 bits per heavy atom. The molecule has 0 amide bonds. The third-order valence-corrected chi connectivity index (χ3v) is 2.69. The van der Waals surface area contributed by atoms with Gasteiger partial charge in [0.15, 0.2) is 6.10 Å². The minimum absolute atomic E-state index is 0.325. The molecule has 0 aliphatic rings. The summed E-state index contributed by atoms with van der Waals surface area (Å²) in [6.07, 6.45) is -3.28. The van der Waals surface area contributed by atoms with E-state index in [1.165, 1.54) is 0 Å². The van der Waals surface area contributed by atoms with Gasteiger partial charge >= 0.3 is 5.97 Å². The molecule has 15 heavy (non-hydrogen) atoms. The summed E-state index contributed by atoms with van der Waals surface area (Å²) < 4.78 is 1.37. The number of halogens is 2. The lowest BCUT2D eigenvalue weighted by molar-refractivity contribution is -0.153. The summed E-state index contributed by atoms with van der Waals surface area (Å²) in [6.45, 7) is 0. The van der Waals surface area contributed by atoms with Crippen LogP contribution in [-0.4, -0.2) is 27.4 Å². The average molecular weight is 340 g/mol. The van der Waals surface area contributed by atoms with E-state index in [2.05, 4.69) is 31.9 Å². The Morgan fingerprint density at radius 1 is 1.13 bits per heavy atom. The molecule has 82 valence electrons. The maximum Gasteiger partial charge on any atom is 0.335 e. The lowest BCUT2D eigenvalue weighted by Gasteiger charge is -2.14. The zero-order valence-corrected chi connectivity index (χ0v) is 10.6. The first-order valence-corrected chi connectivity index (χ1v) is 5.55. The molecule has 0 aliphatic carbocycles. The van der Waals surface area contributed by atoms with E-state index in [0.29, 0.717) is 14.5 Å². The van der Waals surface area contributed by atoms with Crippen molar-refractivity contribution in [1.29, 1.82) is 0 Å². The maximum absolute atomic E-state index is 10.5. The van der Waals surface area contributed by atoms with Gasteiger partial charge in [0, 0.05) is 8.95 Å². The number of hydrogen-bond donors (Lipinski definition) is 3. The van der Waals surface area contributed by atoms with Crippen LogP contribution in [0.2, 0.25) is 0 Å². The third-order valence-electron chi connectivity index (χ3n) is 1.78. The van der Waals surface area contributed by atoms with Crippen molar-refractivity contribution in [1.82, 2.24) is 0 Å². The van der Waals surface area contributed by atoms with E-state index in [1.807, 2.05) is 0 Å². The third kappa shape index (κ3) is 3.27. The van der Waals surface area contributed by atoms with Crippen LogP contribution >= 0.6 is 31.9 Å². The van der Waals surface area contributed by atoms with Gasteiger partial charge < -0.3 is 15.3 Å². The fraction of sp³-hybridized carbons (Fsp3) is 0.222. The molecule has 6 heteroatoms. The first kappa shape index (κ1) is 12.6. The molecular formula is C9H8Br2O4. The molecule has 0 aliphatic heterocycles. The summed E-state index contributed by atoms with van der Waals surface area (Å²) in [7, 11) is 0. The summed E-state index contributed by atoms with van der Waals surface area (Å²) in [6, 6.07) is 4.83. The van der Waals surface area contributed by atoms with Gasteiger partial charge in [0.2, 0.25) is 0 Å². The highest BCUT2D eigenvalue weighted by Gasteiger charge is 2.25.